The van der Waals surface area contributed by atoms with Gasteiger partial charge in [-0.3, -0.25) is 4.79 Å². The topological polar surface area (TPSA) is 37.3 Å². The molecule has 5 rings (SSSR count). The van der Waals surface area contributed by atoms with Gasteiger partial charge in [-0.15, -0.1) is 0 Å². The first-order valence-electron chi connectivity index (χ1n) is 11.2. The zero-order chi connectivity index (χ0) is 17.0. The van der Waals surface area contributed by atoms with Gasteiger partial charge in [-0.05, 0) is 93.3 Å². The summed E-state index contributed by atoms with van der Waals surface area (Å²) in [5.41, 5.74) is 3.11. The number of rotatable bonds is 1. The van der Waals surface area contributed by atoms with Crippen molar-refractivity contribution in [2.45, 2.75) is 83.5 Å². The van der Waals surface area contributed by atoms with Crippen LogP contribution in [0.15, 0.2) is 11.1 Å². The van der Waals surface area contributed by atoms with Crippen molar-refractivity contribution >= 4 is 5.97 Å². The van der Waals surface area contributed by atoms with Crippen molar-refractivity contribution in [3.8, 4) is 0 Å². The number of hydrogen-bond acceptors (Lipinski definition) is 1. The lowest BCUT2D eigenvalue weighted by Crippen LogP contribution is -2.45. The van der Waals surface area contributed by atoms with Crippen LogP contribution in [0, 0.1) is 41.4 Å². The summed E-state index contributed by atoms with van der Waals surface area (Å²) in [5, 5.41) is 9.82. The zero-order valence-corrected chi connectivity index (χ0v) is 15.6. The highest BCUT2D eigenvalue weighted by Gasteiger charge is 2.49. The molecular formula is C23H34O2. The molecule has 138 valence electrons. The molecule has 2 nitrogen and oxygen atoms in total. The Morgan fingerprint density at radius 3 is 2.52 bits per heavy atom. The molecular weight excluding hydrogens is 308 g/mol. The second-order valence-corrected chi connectivity index (χ2v) is 9.84. The normalized spacial score (nSPS) is 46.5. The molecule has 0 spiro atoms. The average molecular weight is 343 g/mol. The molecule has 1 N–H and O–H groups in total. The van der Waals surface area contributed by atoms with E-state index >= 15 is 0 Å². The third-order valence-corrected chi connectivity index (χ3v) is 9.01. The van der Waals surface area contributed by atoms with Gasteiger partial charge in [0.25, 0.3) is 0 Å². The zero-order valence-electron chi connectivity index (χ0n) is 15.6. The molecule has 0 aromatic rings. The average Bonchev–Trinajstić information content (AvgIpc) is 2.66. The van der Waals surface area contributed by atoms with Gasteiger partial charge in [0.15, 0.2) is 0 Å². The summed E-state index contributed by atoms with van der Waals surface area (Å²) in [4.78, 5) is 11.9. The third kappa shape index (κ3) is 2.61. The van der Waals surface area contributed by atoms with E-state index < -0.39 is 5.97 Å². The molecule has 0 radical (unpaired) electrons. The molecule has 5 aliphatic carbocycles. The monoisotopic (exact) mass is 342 g/mol. The quantitative estimate of drug-likeness (QED) is 0.610. The summed E-state index contributed by atoms with van der Waals surface area (Å²) in [5.74, 6) is 4.60. The van der Waals surface area contributed by atoms with Crippen molar-refractivity contribution in [3.05, 3.63) is 11.1 Å². The summed E-state index contributed by atoms with van der Waals surface area (Å²) in [6.45, 7) is 0. The van der Waals surface area contributed by atoms with E-state index in [9.17, 15) is 9.90 Å². The minimum Gasteiger partial charge on any atom is -0.481 e. The largest absolute Gasteiger partial charge is 0.481 e. The second kappa shape index (κ2) is 6.43. The molecule has 2 heteroatoms. The van der Waals surface area contributed by atoms with E-state index in [0.29, 0.717) is 5.92 Å². The van der Waals surface area contributed by atoms with Crippen LogP contribution in [0.25, 0.3) is 0 Å². The van der Waals surface area contributed by atoms with Gasteiger partial charge in [0.1, 0.15) is 0 Å². The second-order valence-electron chi connectivity index (χ2n) is 9.84. The van der Waals surface area contributed by atoms with Crippen LogP contribution >= 0.6 is 0 Å². The predicted molar refractivity (Wildman–Crippen MR) is 99.1 cm³/mol. The minimum absolute atomic E-state index is 0.140. The molecule has 7 unspecified atom stereocenters. The fourth-order valence-corrected chi connectivity index (χ4v) is 8.12. The Bertz CT molecular complexity index is 577. The number of aliphatic carboxylic acids is 1. The van der Waals surface area contributed by atoms with Crippen LogP contribution in [0.3, 0.4) is 0 Å². The lowest BCUT2D eigenvalue weighted by molar-refractivity contribution is -0.141. The fraction of sp³-hybridized carbons (Fsp3) is 0.870. The predicted octanol–water partition coefficient (Wildman–Crippen LogP) is 5.82. The van der Waals surface area contributed by atoms with E-state index in [-0.39, 0.29) is 5.92 Å². The van der Waals surface area contributed by atoms with Crippen LogP contribution in [0.4, 0.5) is 0 Å². The van der Waals surface area contributed by atoms with Crippen LogP contribution in [-0.4, -0.2) is 11.1 Å². The summed E-state index contributed by atoms with van der Waals surface area (Å²) < 4.78 is 0. The van der Waals surface area contributed by atoms with Crippen LogP contribution in [0.2, 0.25) is 0 Å². The van der Waals surface area contributed by atoms with E-state index in [4.69, 9.17) is 0 Å². The molecule has 0 aliphatic heterocycles. The molecule has 0 aromatic carbocycles. The standard InChI is InChI=1S/C23H34O2/c24-23(25)21-7-3-5-15-9-11-19-18-10-8-14-4-1-2-6-16(14)17(18)12-13-20(19)22(15)21/h14-19,21H,1-13H2,(H,24,25). The van der Waals surface area contributed by atoms with Crippen LogP contribution in [0.5, 0.6) is 0 Å². The number of fused-ring (bicyclic) bond motifs is 6. The summed E-state index contributed by atoms with van der Waals surface area (Å²) in [6.07, 6.45) is 17.4. The maximum atomic E-state index is 11.9. The maximum absolute atomic E-state index is 11.9. The number of allylic oxidation sites excluding steroid dienone is 1. The molecule has 0 aromatic heterocycles. The first kappa shape index (κ1) is 16.4. The molecule has 0 amide bonds. The van der Waals surface area contributed by atoms with E-state index in [2.05, 4.69) is 0 Å². The molecule has 4 fully saturated rings. The summed E-state index contributed by atoms with van der Waals surface area (Å²) >= 11 is 0. The van der Waals surface area contributed by atoms with Gasteiger partial charge in [-0.25, -0.2) is 0 Å². The van der Waals surface area contributed by atoms with Crippen LogP contribution in [-0.2, 0) is 4.79 Å². The van der Waals surface area contributed by atoms with E-state index in [1.807, 2.05) is 0 Å². The first-order valence-corrected chi connectivity index (χ1v) is 11.2. The molecule has 0 bridgehead atoms. The van der Waals surface area contributed by atoms with E-state index in [1.165, 1.54) is 76.2 Å². The SMILES string of the molecule is O=C(O)C1CCCC2CCC3C(=C21)CCC1C2CCCCC2CCC31. The van der Waals surface area contributed by atoms with Crippen molar-refractivity contribution in [3.63, 3.8) is 0 Å². The Balaban J connectivity index is 1.47. The molecule has 0 heterocycles. The highest BCUT2D eigenvalue weighted by molar-refractivity contribution is 5.74. The van der Waals surface area contributed by atoms with Gasteiger partial charge in [0, 0.05) is 0 Å². The molecule has 25 heavy (non-hydrogen) atoms. The molecule has 4 saturated carbocycles. The Hall–Kier alpha value is -0.790. The van der Waals surface area contributed by atoms with Gasteiger partial charge in [-0.1, -0.05) is 36.8 Å². The number of hydrogen-bond donors (Lipinski definition) is 1. The first-order chi connectivity index (χ1) is 12.2. The number of carboxylic acid groups (broad SMARTS) is 1. The van der Waals surface area contributed by atoms with E-state index in [1.54, 1.807) is 5.57 Å². The van der Waals surface area contributed by atoms with Gasteiger partial charge in [0.2, 0.25) is 0 Å². The lowest BCUT2D eigenvalue weighted by atomic mass is 9.51. The maximum Gasteiger partial charge on any atom is 0.310 e. The highest BCUT2D eigenvalue weighted by atomic mass is 16.4. The third-order valence-electron chi connectivity index (χ3n) is 9.01. The Morgan fingerprint density at radius 2 is 1.64 bits per heavy atom. The van der Waals surface area contributed by atoms with Crippen molar-refractivity contribution < 1.29 is 9.90 Å². The smallest absolute Gasteiger partial charge is 0.310 e. The van der Waals surface area contributed by atoms with Crippen molar-refractivity contribution in [2.75, 3.05) is 0 Å². The fourth-order valence-electron chi connectivity index (χ4n) is 8.12. The summed E-state index contributed by atoms with van der Waals surface area (Å²) in [7, 11) is 0. The van der Waals surface area contributed by atoms with Gasteiger partial charge >= 0.3 is 5.97 Å². The molecule has 0 saturated heterocycles. The van der Waals surface area contributed by atoms with Gasteiger partial charge in [-0.2, -0.15) is 0 Å². The van der Waals surface area contributed by atoms with E-state index in [0.717, 1.165) is 42.4 Å². The Labute approximate surface area is 152 Å². The molecule has 7 atom stereocenters. The van der Waals surface area contributed by atoms with Gasteiger partial charge < -0.3 is 5.11 Å². The van der Waals surface area contributed by atoms with Crippen molar-refractivity contribution in [1.29, 1.82) is 0 Å². The van der Waals surface area contributed by atoms with Crippen LogP contribution < -0.4 is 0 Å². The van der Waals surface area contributed by atoms with Crippen molar-refractivity contribution in [1.82, 2.24) is 0 Å². The Morgan fingerprint density at radius 1 is 0.760 bits per heavy atom. The van der Waals surface area contributed by atoms with Crippen molar-refractivity contribution in [2.24, 2.45) is 41.4 Å². The highest BCUT2D eigenvalue weighted by Crippen LogP contribution is 2.59. The Kier molecular flexibility index (Phi) is 4.21. The van der Waals surface area contributed by atoms with Gasteiger partial charge in [0.05, 0.1) is 5.92 Å². The number of carbonyl (C=O) groups is 1. The minimum atomic E-state index is -0.536. The molecule has 5 aliphatic rings. The lowest BCUT2D eigenvalue weighted by Gasteiger charge is -2.54. The summed E-state index contributed by atoms with van der Waals surface area (Å²) in [6, 6.07) is 0. The number of carboxylic acids is 1. The van der Waals surface area contributed by atoms with Crippen LogP contribution in [0.1, 0.15) is 83.5 Å².